The Hall–Kier alpha value is -1.05. The third-order valence-corrected chi connectivity index (χ3v) is 1.80. The largest absolute Gasteiger partial charge is 0.399 e. The van der Waals surface area contributed by atoms with Crippen molar-refractivity contribution in [1.29, 1.82) is 0 Å². The van der Waals surface area contributed by atoms with Gasteiger partial charge in [0.25, 0.3) is 0 Å². The molecule has 1 aromatic carbocycles. The van der Waals surface area contributed by atoms with Gasteiger partial charge < -0.3 is 5.73 Å². The minimum Gasteiger partial charge on any atom is -0.399 e. The molecule has 12 heavy (non-hydrogen) atoms. The van der Waals surface area contributed by atoms with Crippen LogP contribution in [-0.2, 0) is 5.41 Å². The highest BCUT2D eigenvalue weighted by atomic mass is 19.1. The molecule has 0 atom stereocenters. The normalized spacial score (nSPS) is 11.7. The van der Waals surface area contributed by atoms with E-state index in [9.17, 15) is 4.39 Å². The number of anilines is 1. The fraction of sp³-hybridized carbons (Fsp3) is 0.400. The maximum absolute atomic E-state index is 13.2. The highest BCUT2D eigenvalue weighted by Gasteiger charge is 2.17. The summed E-state index contributed by atoms with van der Waals surface area (Å²) in [6.45, 7) is 5.89. The first-order chi connectivity index (χ1) is 5.41. The lowest BCUT2D eigenvalue weighted by Crippen LogP contribution is -2.13. The van der Waals surface area contributed by atoms with Gasteiger partial charge in [-0.1, -0.05) is 20.8 Å². The maximum atomic E-state index is 13.2. The zero-order valence-corrected chi connectivity index (χ0v) is 7.69. The predicted molar refractivity (Wildman–Crippen MR) is 49.5 cm³/mol. The van der Waals surface area contributed by atoms with Gasteiger partial charge in [-0.2, -0.15) is 0 Å². The molecule has 2 N–H and O–H groups in total. The van der Waals surface area contributed by atoms with Gasteiger partial charge in [-0.15, -0.1) is 0 Å². The molecule has 2 heteroatoms. The van der Waals surface area contributed by atoms with Gasteiger partial charge in [0.1, 0.15) is 5.82 Å². The first-order valence-electron chi connectivity index (χ1n) is 3.97. The molecule has 66 valence electrons. The van der Waals surface area contributed by atoms with Crippen molar-refractivity contribution < 1.29 is 4.39 Å². The Morgan fingerprint density at radius 2 is 1.83 bits per heavy atom. The Bertz CT molecular complexity index is 286. The Balaban J connectivity index is 3.23. The number of halogens is 1. The third kappa shape index (κ3) is 1.76. The zero-order chi connectivity index (χ0) is 9.35. The fourth-order valence-corrected chi connectivity index (χ4v) is 1.12. The number of benzene rings is 1. The van der Waals surface area contributed by atoms with Crippen LogP contribution in [0.4, 0.5) is 10.1 Å². The third-order valence-electron chi connectivity index (χ3n) is 1.80. The molecule has 0 saturated heterocycles. The summed E-state index contributed by atoms with van der Waals surface area (Å²) in [4.78, 5) is 0. The number of hydrogen-bond donors (Lipinski definition) is 1. The van der Waals surface area contributed by atoms with Crippen LogP contribution in [0, 0.1) is 5.82 Å². The Morgan fingerprint density at radius 3 is 2.25 bits per heavy atom. The lowest BCUT2D eigenvalue weighted by molar-refractivity contribution is 0.523. The van der Waals surface area contributed by atoms with Gasteiger partial charge in [-0.25, -0.2) is 4.39 Å². The predicted octanol–water partition coefficient (Wildman–Crippen LogP) is 2.71. The quantitative estimate of drug-likeness (QED) is 0.591. The van der Waals surface area contributed by atoms with Gasteiger partial charge in [0.15, 0.2) is 0 Å². The molecule has 1 aromatic rings. The minimum atomic E-state index is -0.184. The number of nitrogens with two attached hydrogens (primary N) is 1. The molecule has 0 bridgehead atoms. The topological polar surface area (TPSA) is 26.0 Å². The lowest BCUT2D eigenvalue weighted by atomic mass is 9.86. The van der Waals surface area contributed by atoms with Crippen LogP contribution in [0.1, 0.15) is 26.3 Å². The van der Waals surface area contributed by atoms with Gasteiger partial charge in [0.2, 0.25) is 0 Å². The molecule has 0 unspecified atom stereocenters. The highest BCUT2D eigenvalue weighted by molar-refractivity contribution is 5.43. The zero-order valence-electron chi connectivity index (χ0n) is 7.69. The van der Waals surface area contributed by atoms with Crippen LogP contribution in [0.2, 0.25) is 0 Å². The highest BCUT2D eigenvalue weighted by Crippen LogP contribution is 2.26. The van der Waals surface area contributed by atoms with E-state index in [2.05, 4.69) is 0 Å². The van der Waals surface area contributed by atoms with Crippen molar-refractivity contribution in [1.82, 2.24) is 0 Å². The molecule has 1 nitrogen and oxygen atoms in total. The fourth-order valence-electron chi connectivity index (χ4n) is 1.12. The van der Waals surface area contributed by atoms with E-state index in [1.807, 2.05) is 20.8 Å². The van der Waals surface area contributed by atoms with E-state index in [0.717, 1.165) is 0 Å². The van der Waals surface area contributed by atoms with Crippen molar-refractivity contribution in [3.8, 4) is 0 Å². The minimum absolute atomic E-state index is 0.181. The SMILES string of the molecule is CC(C)(C)c1cc(N)ccc1F. The second-order valence-corrected chi connectivity index (χ2v) is 3.99. The van der Waals surface area contributed by atoms with Crippen LogP contribution < -0.4 is 5.73 Å². The van der Waals surface area contributed by atoms with E-state index < -0.39 is 0 Å². The second kappa shape index (κ2) is 2.77. The van der Waals surface area contributed by atoms with Crippen molar-refractivity contribution in [3.63, 3.8) is 0 Å². The summed E-state index contributed by atoms with van der Waals surface area (Å²) in [6.07, 6.45) is 0. The average Bonchev–Trinajstić information content (AvgIpc) is 1.92. The van der Waals surface area contributed by atoms with Crippen LogP contribution in [0.15, 0.2) is 18.2 Å². The van der Waals surface area contributed by atoms with Gasteiger partial charge in [-0.05, 0) is 29.2 Å². The van der Waals surface area contributed by atoms with Crippen molar-refractivity contribution >= 4 is 5.69 Å². The van der Waals surface area contributed by atoms with Crippen LogP contribution in [0.3, 0.4) is 0 Å². The summed E-state index contributed by atoms with van der Waals surface area (Å²) in [6, 6.07) is 4.68. The summed E-state index contributed by atoms with van der Waals surface area (Å²) in [5, 5.41) is 0. The molecule has 0 aliphatic carbocycles. The summed E-state index contributed by atoms with van der Waals surface area (Å²) < 4.78 is 13.2. The summed E-state index contributed by atoms with van der Waals surface area (Å²) >= 11 is 0. The molecule has 0 amide bonds. The van der Waals surface area contributed by atoms with E-state index in [4.69, 9.17) is 5.73 Å². The van der Waals surface area contributed by atoms with Crippen molar-refractivity contribution in [2.45, 2.75) is 26.2 Å². The number of rotatable bonds is 0. The molecule has 0 aliphatic heterocycles. The Labute approximate surface area is 72.4 Å². The molecule has 0 heterocycles. The van der Waals surface area contributed by atoms with E-state index in [1.54, 1.807) is 12.1 Å². The molecule has 0 saturated carbocycles. The molecule has 0 aliphatic rings. The second-order valence-electron chi connectivity index (χ2n) is 3.99. The Morgan fingerprint density at radius 1 is 1.25 bits per heavy atom. The molecule has 0 aromatic heterocycles. The van der Waals surface area contributed by atoms with Crippen molar-refractivity contribution in [3.05, 3.63) is 29.6 Å². The van der Waals surface area contributed by atoms with E-state index >= 15 is 0 Å². The van der Waals surface area contributed by atoms with E-state index in [-0.39, 0.29) is 11.2 Å². The molecular weight excluding hydrogens is 153 g/mol. The van der Waals surface area contributed by atoms with Crippen molar-refractivity contribution in [2.75, 3.05) is 5.73 Å². The van der Waals surface area contributed by atoms with Gasteiger partial charge >= 0.3 is 0 Å². The summed E-state index contributed by atoms with van der Waals surface area (Å²) in [5.74, 6) is -0.184. The first kappa shape index (κ1) is 9.04. The van der Waals surface area contributed by atoms with Crippen LogP contribution in [-0.4, -0.2) is 0 Å². The van der Waals surface area contributed by atoms with Crippen LogP contribution in [0.5, 0.6) is 0 Å². The maximum Gasteiger partial charge on any atom is 0.127 e. The number of nitrogen functional groups attached to an aromatic ring is 1. The standard InChI is InChI=1S/C10H14FN/c1-10(2,3)8-6-7(12)4-5-9(8)11/h4-6H,12H2,1-3H3. The van der Waals surface area contributed by atoms with Crippen LogP contribution in [0.25, 0.3) is 0 Å². The van der Waals surface area contributed by atoms with Crippen molar-refractivity contribution in [2.24, 2.45) is 0 Å². The molecule has 1 rings (SSSR count). The van der Waals surface area contributed by atoms with Gasteiger partial charge in [0.05, 0.1) is 0 Å². The Kier molecular flexibility index (Phi) is 2.09. The first-order valence-corrected chi connectivity index (χ1v) is 3.97. The monoisotopic (exact) mass is 167 g/mol. The molecule has 0 radical (unpaired) electrons. The molecular formula is C10H14FN. The van der Waals surface area contributed by atoms with Gasteiger partial charge in [-0.3, -0.25) is 0 Å². The van der Waals surface area contributed by atoms with E-state index in [1.165, 1.54) is 6.07 Å². The summed E-state index contributed by atoms with van der Waals surface area (Å²) in [5.41, 5.74) is 6.66. The van der Waals surface area contributed by atoms with E-state index in [0.29, 0.717) is 11.3 Å². The molecule has 0 fully saturated rings. The van der Waals surface area contributed by atoms with Crippen LogP contribution >= 0.6 is 0 Å². The smallest absolute Gasteiger partial charge is 0.127 e. The van der Waals surface area contributed by atoms with Gasteiger partial charge in [0, 0.05) is 5.69 Å². The summed E-state index contributed by atoms with van der Waals surface area (Å²) in [7, 11) is 0. The average molecular weight is 167 g/mol. The molecule has 0 spiro atoms. The number of hydrogen-bond acceptors (Lipinski definition) is 1. The lowest BCUT2D eigenvalue weighted by Gasteiger charge is -2.19.